The smallest absolute Gasteiger partial charge is 0.282 e. The quantitative estimate of drug-likeness (QED) is 0.823. The van der Waals surface area contributed by atoms with E-state index in [0.717, 1.165) is 38.5 Å². The monoisotopic (exact) mass is 360 g/mol. The van der Waals surface area contributed by atoms with Crippen molar-refractivity contribution < 1.29 is 14.4 Å². The molecule has 3 rings (SSSR count). The van der Waals surface area contributed by atoms with Gasteiger partial charge in [-0.3, -0.25) is 4.79 Å². The molecule has 2 heterocycles. The van der Waals surface area contributed by atoms with Crippen LogP contribution >= 0.6 is 11.3 Å². The highest BCUT2D eigenvalue weighted by Crippen LogP contribution is 2.19. The van der Waals surface area contributed by atoms with Crippen LogP contribution in [0.4, 0.5) is 11.4 Å². The fourth-order valence-electron chi connectivity index (χ4n) is 2.92. The Hall–Kier alpha value is -1.89. The number of thiophene rings is 1. The Morgan fingerprint density at radius 3 is 2.64 bits per heavy atom. The fraction of sp³-hybridized carbons (Fsp3) is 0.421. The summed E-state index contributed by atoms with van der Waals surface area (Å²) in [5.41, 5.74) is 3.30. The van der Waals surface area contributed by atoms with Gasteiger partial charge in [0.05, 0.1) is 20.3 Å². The average Bonchev–Trinajstić information content (AvgIpc) is 3.15. The van der Waals surface area contributed by atoms with E-state index in [0.29, 0.717) is 0 Å². The number of carbonyl (C=O) groups excluding carboxylic acids is 1. The third kappa shape index (κ3) is 4.81. The molecular weight excluding hydrogens is 334 g/mol. The second-order valence-electron chi connectivity index (χ2n) is 6.51. The minimum Gasteiger partial charge on any atom is -0.378 e. The zero-order valence-corrected chi connectivity index (χ0v) is 15.6. The zero-order valence-electron chi connectivity index (χ0n) is 14.8. The van der Waals surface area contributed by atoms with Crippen LogP contribution in [0.1, 0.15) is 12.5 Å². The van der Waals surface area contributed by atoms with Crippen molar-refractivity contribution in [3.8, 4) is 0 Å². The third-order valence-corrected chi connectivity index (χ3v) is 5.44. The molecular formula is C19H26N3O2S+. The van der Waals surface area contributed by atoms with Crippen LogP contribution in [0.25, 0.3) is 0 Å². The first-order valence-corrected chi connectivity index (χ1v) is 9.65. The second kappa shape index (κ2) is 8.47. The lowest BCUT2D eigenvalue weighted by Gasteiger charge is -2.29. The lowest BCUT2D eigenvalue weighted by atomic mass is 10.2. The van der Waals surface area contributed by atoms with Crippen LogP contribution in [0.2, 0.25) is 0 Å². The largest absolute Gasteiger partial charge is 0.378 e. The molecule has 1 saturated heterocycles. The van der Waals surface area contributed by atoms with Crippen molar-refractivity contribution in [2.75, 3.05) is 43.6 Å². The van der Waals surface area contributed by atoms with Gasteiger partial charge in [-0.15, -0.1) is 0 Å². The molecule has 1 aliphatic heterocycles. The summed E-state index contributed by atoms with van der Waals surface area (Å²) in [7, 11) is 2.06. The van der Waals surface area contributed by atoms with Gasteiger partial charge in [-0.05, 0) is 48.0 Å². The van der Waals surface area contributed by atoms with Crippen LogP contribution in [0.15, 0.2) is 41.1 Å². The first-order valence-electron chi connectivity index (χ1n) is 8.70. The number of likely N-dealkylation sites (N-methyl/N-ethyl adjacent to an activating group) is 1. The molecule has 1 fully saturated rings. The summed E-state index contributed by atoms with van der Waals surface area (Å²) in [5.74, 6) is 0.0480. The van der Waals surface area contributed by atoms with Crippen LogP contribution in [0, 0.1) is 0 Å². The second-order valence-corrected chi connectivity index (χ2v) is 7.29. The highest BCUT2D eigenvalue weighted by atomic mass is 32.1. The number of ether oxygens (including phenoxy) is 1. The van der Waals surface area contributed by atoms with E-state index in [1.54, 1.807) is 11.3 Å². The van der Waals surface area contributed by atoms with E-state index in [1.807, 2.05) is 19.1 Å². The summed E-state index contributed by atoms with van der Waals surface area (Å²) in [5, 5.41) is 7.24. The van der Waals surface area contributed by atoms with E-state index >= 15 is 0 Å². The molecule has 0 bridgehead atoms. The number of nitrogens with zero attached hydrogens (tertiary/aromatic N) is 1. The zero-order chi connectivity index (χ0) is 17.6. The van der Waals surface area contributed by atoms with Crippen molar-refractivity contribution in [2.24, 2.45) is 0 Å². The SMILES string of the molecule is C[C@H](C(=O)Nc1ccc(N2CCOCC2)cc1)[NH+](C)Cc1ccsc1. The number of carbonyl (C=O) groups is 1. The number of nitrogens with one attached hydrogen (secondary N) is 2. The number of quaternary nitrogens is 1. The van der Waals surface area contributed by atoms with Gasteiger partial charge in [0.15, 0.2) is 6.04 Å². The Balaban J connectivity index is 1.54. The molecule has 1 amide bonds. The van der Waals surface area contributed by atoms with Crippen LogP contribution in [0.5, 0.6) is 0 Å². The topological polar surface area (TPSA) is 46.0 Å². The molecule has 25 heavy (non-hydrogen) atoms. The van der Waals surface area contributed by atoms with Crippen LogP contribution in [-0.2, 0) is 16.1 Å². The predicted molar refractivity (Wildman–Crippen MR) is 102 cm³/mol. The van der Waals surface area contributed by atoms with Gasteiger partial charge in [0.1, 0.15) is 6.54 Å². The molecule has 134 valence electrons. The standard InChI is InChI=1S/C19H25N3O2S/c1-15(21(2)13-16-7-12-25-14-16)19(23)20-17-3-5-18(6-4-17)22-8-10-24-11-9-22/h3-7,12,14-15H,8-11,13H2,1-2H3,(H,20,23)/p+1/t15-/m1/s1. The normalized spacial score (nSPS) is 17.1. The fourth-order valence-corrected chi connectivity index (χ4v) is 3.59. The van der Waals surface area contributed by atoms with Crippen molar-refractivity contribution in [2.45, 2.75) is 19.5 Å². The Labute approximate surface area is 153 Å². The lowest BCUT2D eigenvalue weighted by Crippen LogP contribution is -3.12. The molecule has 1 aromatic heterocycles. The minimum atomic E-state index is -0.112. The number of hydrogen-bond acceptors (Lipinski definition) is 4. The van der Waals surface area contributed by atoms with E-state index in [1.165, 1.54) is 16.2 Å². The Bertz CT molecular complexity index is 666. The molecule has 2 aromatic rings. The predicted octanol–water partition coefficient (Wildman–Crippen LogP) is 1.63. The lowest BCUT2D eigenvalue weighted by molar-refractivity contribution is -0.907. The van der Waals surface area contributed by atoms with E-state index < -0.39 is 0 Å². The number of anilines is 2. The van der Waals surface area contributed by atoms with Gasteiger partial charge < -0.3 is 19.9 Å². The van der Waals surface area contributed by atoms with Crippen molar-refractivity contribution >= 4 is 28.6 Å². The van der Waals surface area contributed by atoms with Crippen molar-refractivity contribution in [3.05, 3.63) is 46.7 Å². The van der Waals surface area contributed by atoms with Gasteiger partial charge in [0, 0.05) is 30.0 Å². The Morgan fingerprint density at radius 1 is 1.28 bits per heavy atom. The molecule has 0 spiro atoms. The molecule has 2 N–H and O–H groups in total. The molecule has 1 unspecified atom stereocenters. The van der Waals surface area contributed by atoms with E-state index in [-0.39, 0.29) is 11.9 Å². The first-order chi connectivity index (χ1) is 12.1. The summed E-state index contributed by atoms with van der Waals surface area (Å²) in [6.45, 7) is 6.20. The van der Waals surface area contributed by atoms with Crippen LogP contribution < -0.4 is 15.1 Å². The van der Waals surface area contributed by atoms with E-state index in [2.05, 4.69) is 46.2 Å². The minimum absolute atomic E-state index is 0.0480. The van der Waals surface area contributed by atoms with Crippen molar-refractivity contribution in [3.63, 3.8) is 0 Å². The highest BCUT2D eigenvalue weighted by molar-refractivity contribution is 7.07. The van der Waals surface area contributed by atoms with Crippen LogP contribution in [-0.4, -0.2) is 45.3 Å². The molecule has 1 aliphatic rings. The van der Waals surface area contributed by atoms with Crippen LogP contribution in [0.3, 0.4) is 0 Å². The van der Waals surface area contributed by atoms with Gasteiger partial charge in [0.25, 0.3) is 5.91 Å². The summed E-state index contributed by atoms with van der Waals surface area (Å²) < 4.78 is 5.38. The Morgan fingerprint density at radius 2 is 2.00 bits per heavy atom. The Kier molecular flexibility index (Phi) is 6.07. The maximum atomic E-state index is 12.5. The molecule has 0 saturated carbocycles. The number of morpholine rings is 1. The van der Waals surface area contributed by atoms with Gasteiger partial charge in [-0.1, -0.05) is 0 Å². The maximum Gasteiger partial charge on any atom is 0.282 e. The summed E-state index contributed by atoms with van der Waals surface area (Å²) >= 11 is 1.69. The average molecular weight is 361 g/mol. The molecule has 1 aromatic carbocycles. The molecule has 2 atom stereocenters. The highest BCUT2D eigenvalue weighted by Gasteiger charge is 2.22. The number of amides is 1. The molecule has 0 radical (unpaired) electrons. The molecule has 5 nitrogen and oxygen atoms in total. The third-order valence-electron chi connectivity index (χ3n) is 4.71. The van der Waals surface area contributed by atoms with E-state index in [4.69, 9.17) is 4.74 Å². The number of hydrogen-bond donors (Lipinski definition) is 2. The van der Waals surface area contributed by atoms with Crippen molar-refractivity contribution in [1.29, 1.82) is 0 Å². The van der Waals surface area contributed by atoms with Crippen molar-refractivity contribution in [1.82, 2.24) is 0 Å². The van der Waals surface area contributed by atoms with Gasteiger partial charge in [-0.2, -0.15) is 11.3 Å². The number of benzene rings is 1. The summed E-state index contributed by atoms with van der Waals surface area (Å²) in [6.07, 6.45) is 0. The molecule has 6 heteroatoms. The van der Waals surface area contributed by atoms with Gasteiger partial charge in [-0.25, -0.2) is 0 Å². The maximum absolute atomic E-state index is 12.5. The summed E-state index contributed by atoms with van der Waals surface area (Å²) in [4.78, 5) is 16.0. The summed E-state index contributed by atoms with van der Waals surface area (Å²) in [6, 6.07) is 10.1. The van der Waals surface area contributed by atoms with Gasteiger partial charge >= 0.3 is 0 Å². The first kappa shape index (κ1) is 17.9. The molecule has 0 aliphatic carbocycles. The van der Waals surface area contributed by atoms with Gasteiger partial charge in [0.2, 0.25) is 0 Å². The van der Waals surface area contributed by atoms with E-state index in [9.17, 15) is 4.79 Å². The number of rotatable bonds is 6.